The molecular formula is C56H41N. The highest BCUT2D eigenvalue weighted by molar-refractivity contribution is 5.97. The third kappa shape index (κ3) is 5.02. The van der Waals surface area contributed by atoms with E-state index in [0.717, 1.165) is 17.1 Å². The van der Waals surface area contributed by atoms with Crippen LogP contribution >= 0.6 is 0 Å². The summed E-state index contributed by atoms with van der Waals surface area (Å²) < 4.78 is 0. The van der Waals surface area contributed by atoms with Crippen LogP contribution in [-0.2, 0) is 10.8 Å². The fourth-order valence-corrected chi connectivity index (χ4v) is 10.0. The fraction of sp³-hybridized carbons (Fsp3) is 0.0714. The van der Waals surface area contributed by atoms with Crippen LogP contribution in [0.25, 0.3) is 44.2 Å². The molecule has 0 radical (unpaired) electrons. The fourth-order valence-electron chi connectivity index (χ4n) is 10.0. The zero-order chi connectivity index (χ0) is 38.1. The first-order valence-electron chi connectivity index (χ1n) is 20.0. The quantitative estimate of drug-likeness (QED) is 0.165. The van der Waals surface area contributed by atoms with E-state index in [-0.39, 0.29) is 5.41 Å². The van der Waals surface area contributed by atoms with Gasteiger partial charge in [-0.15, -0.1) is 0 Å². The molecule has 2 aliphatic rings. The molecule has 0 aliphatic heterocycles. The molecule has 0 aromatic heterocycles. The minimum Gasteiger partial charge on any atom is -0.310 e. The Hall–Kier alpha value is -6.96. The summed E-state index contributed by atoms with van der Waals surface area (Å²) in [6, 6.07) is 78.8. The van der Waals surface area contributed by atoms with Gasteiger partial charge in [-0.3, -0.25) is 0 Å². The van der Waals surface area contributed by atoms with Crippen molar-refractivity contribution in [1.82, 2.24) is 0 Å². The number of nitrogens with zero attached hydrogens (tertiary/aromatic N) is 1. The van der Waals surface area contributed by atoms with Crippen LogP contribution < -0.4 is 4.90 Å². The summed E-state index contributed by atoms with van der Waals surface area (Å²) in [5.41, 5.74) is 18.3. The molecule has 0 fully saturated rings. The minimum absolute atomic E-state index is 0.117. The van der Waals surface area contributed by atoms with Gasteiger partial charge >= 0.3 is 0 Å². The first kappa shape index (κ1) is 33.4. The van der Waals surface area contributed by atoms with Gasteiger partial charge in [0.2, 0.25) is 0 Å². The Labute approximate surface area is 335 Å². The maximum absolute atomic E-state index is 2.46. The molecule has 9 aromatic carbocycles. The molecule has 1 nitrogen and oxygen atoms in total. The number of benzene rings is 9. The van der Waals surface area contributed by atoms with Gasteiger partial charge in [0.05, 0.1) is 5.41 Å². The van der Waals surface area contributed by atoms with E-state index >= 15 is 0 Å². The maximum atomic E-state index is 2.46. The van der Waals surface area contributed by atoms with Gasteiger partial charge < -0.3 is 4.90 Å². The van der Waals surface area contributed by atoms with E-state index in [4.69, 9.17) is 0 Å². The third-order valence-corrected chi connectivity index (χ3v) is 12.7. The van der Waals surface area contributed by atoms with Gasteiger partial charge in [-0.25, -0.2) is 0 Å². The molecule has 0 heterocycles. The Kier molecular flexibility index (Phi) is 7.50. The summed E-state index contributed by atoms with van der Waals surface area (Å²) in [4.78, 5) is 2.46. The van der Waals surface area contributed by atoms with Crippen molar-refractivity contribution in [3.05, 3.63) is 246 Å². The molecule has 0 N–H and O–H groups in total. The normalized spacial score (nSPS) is 14.1. The van der Waals surface area contributed by atoms with Crippen LogP contribution in [0.3, 0.4) is 0 Å². The summed E-state index contributed by atoms with van der Waals surface area (Å²) in [6.45, 7) is 4.73. The smallest absolute Gasteiger partial charge is 0.0713 e. The van der Waals surface area contributed by atoms with E-state index < -0.39 is 5.41 Å². The van der Waals surface area contributed by atoms with E-state index in [1.165, 1.54) is 77.5 Å². The molecule has 0 atom stereocenters. The Morgan fingerprint density at radius 2 is 0.825 bits per heavy atom. The molecule has 1 heteroatoms. The Morgan fingerprint density at radius 3 is 1.53 bits per heavy atom. The van der Waals surface area contributed by atoms with Crippen molar-refractivity contribution < 1.29 is 0 Å². The predicted molar refractivity (Wildman–Crippen MR) is 239 cm³/mol. The van der Waals surface area contributed by atoms with Gasteiger partial charge in [0.15, 0.2) is 0 Å². The highest BCUT2D eigenvalue weighted by Crippen LogP contribution is 2.58. The predicted octanol–water partition coefficient (Wildman–Crippen LogP) is 14.6. The monoisotopic (exact) mass is 727 g/mol. The highest BCUT2D eigenvalue weighted by atomic mass is 15.1. The van der Waals surface area contributed by atoms with Crippen LogP contribution in [0.15, 0.2) is 212 Å². The first-order valence-corrected chi connectivity index (χ1v) is 20.0. The molecule has 0 unspecified atom stereocenters. The SMILES string of the molecule is CC1(C)c2ccccc2-c2ccc(N(c3ccc(-c4ccccc4)cc3)c3ccc4c(c3)-c3cc5ccccc5cc3C4(c3ccccc3)c3ccccc3)cc21. The molecule has 57 heavy (non-hydrogen) atoms. The average molecular weight is 728 g/mol. The van der Waals surface area contributed by atoms with Gasteiger partial charge in [-0.05, 0) is 126 Å². The minimum atomic E-state index is -0.485. The summed E-state index contributed by atoms with van der Waals surface area (Å²) in [5.74, 6) is 0. The zero-order valence-electron chi connectivity index (χ0n) is 32.2. The van der Waals surface area contributed by atoms with Crippen molar-refractivity contribution in [2.75, 3.05) is 4.90 Å². The Balaban J connectivity index is 1.16. The average Bonchev–Trinajstić information content (AvgIpc) is 3.68. The van der Waals surface area contributed by atoms with E-state index in [2.05, 4.69) is 231 Å². The van der Waals surface area contributed by atoms with Crippen LogP contribution in [0.4, 0.5) is 17.1 Å². The standard InChI is InChI=1S/C56H41N/c1-55(2)51-25-15-14-24-47(51)48-32-30-46(37-53(48)55)57(44-28-26-39(27-29-44)38-16-6-3-7-17-38)45-31-33-52-50(36-45)49-34-40-18-12-13-19-41(40)35-54(49)56(52,42-20-8-4-9-21-42)43-22-10-5-11-23-43/h3-37H,1-2H3. The van der Waals surface area contributed by atoms with Gasteiger partial charge in [0.1, 0.15) is 0 Å². The van der Waals surface area contributed by atoms with E-state index in [0.29, 0.717) is 0 Å². The summed E-state index contributed by atoms with van der Waals surface area (Å²) >= 11 is 0. The number of hydrogen-bond donors (Lipinski definition) is 0. The van der Waals surface area contributed by atoms with Crippen molar-refractivity contribution in [2.24, 2.45) is 0 Å². The summed E-state index contributed by atoms with van der Waals surface area (Å²) in [5, 5.41) is 2.50. The van der Waals surface area contributed by atoms with Crippen molar-refractivity contribution in [3.63, 3.8) is 0 Å². The molecule has 270 valence electrons. The molecule has 0 saturated heterocycles. The number of anilines is 3. The van der Waals surface area contributed by atoms with Crippen LogP contribution in [-0.4, -0.2) is 0 Å². The lowest BCUT2D eigenvalue weighted by molar-refractivity contribution is 0.660. The zero-order valence-corrected chi connectivity index (χ0v) is 32.2. The Morgan fingerprint density at radius 1 is 0.316 bits per heavy atom. The van der Waals surface area contributed by atoms with Crippen LogP contribution in [0.5, 0.6) is 0 Å². The van der Waals surface area contributed by atoms with E-state index in [1.807, 2.05) is 0 Å². The molecule has 0 amide bonds. The van der Waals surface area contributed by atoms with Gasteiger partial charge in [0, 0.05) is 22.5 Å². The Bertz CT molecular complexity index is 2920. The molecule has 0 bridgehead atoms. The molecule has 2 aliphatic carbocycles. The van der Waals surface area contributed by atoms with Crippen molar-refractivity contribution in [2.45, 2.75) is 24.7 Å². The molecule has 11 rings (SSSR count). The largest absolute Gasteiger partial charge is 0.310 e. The van der Waals surface area contributed by atoms with Crippen LogP contribution in [0.2, 0.25) is 0 Å². The van der Waals surface area contributed by atoms with Gasteiger partial charge in [-0.2, -0.15) is 0 Å². The maximum Gasteiger partial charge on any atom is 0.0713 e. The van der Waals surface area contributed by atoms with Gasteiger partial charge in [0.25, 0.3) is 0 Å². The van der Waals surface area contributed by atoms with Crippen molar-refractivity contribution in [3.8, 4) is 33.4 Å². The number of rotatable bonds is 6. The molecule has 9 aromatic rings. The second kappa shape index (κ2) is 12.8. The van der Waals surface area contributed by atoms with Crippen molar-refractivity contribution >= 4 is 27.8 Å². The van der Waals surface area contributed by atoms with Crippen LogP contribution in [0, 0.1) is 0 Å². The molecular weight excluding hydrogens is 687 g/mol. The molecule has 0 spiro atoms. The second-order valence-electron chi connectivity index (χ2n) is 16.1. The number of hydrogen-bond acceptors (Lipinski definition) is 1. The molecule has 0 saturated carbocycles. The summed E-state index contributed by atoms with van der Waals surface area (Å²) in [6.07, 6.45) is 0. The van der Waals surface area contributed by atoms with E-state index in [9.17, 15) is 0 Å². The highest BCUT2D eigenvalue weighted by Gasteiger charge is 2.46. The first-order chi connectivity index (χ1) is 28.0. The van der Waals surface area contributed by atoms with E-state index in [1.54, 1.807) is 0 Å². The van der Waals surface area contributed by atoms with Crippen molar-refractivity contribution in [1.29, 1.82) is 0 Å². The lowest BCUT2D eigenvalue weighted by Crippen LogP contribution is -2.28. The summed E-state index contributed by atoms with van der Waals surface area (Å²) in [7, 11) is 0. The lowest BCUT2D eigenvalue weighted by Gasteiger charge is -2.34. The van der Waals surface area contributed by atoms with Crippen LogP contribution in [0.1, 0.15) is 47.2 Å². The number of fused-ring (bicyclic) bond motifs is 7. The second-order valence-corrected chi connectivity index (χ2v) is 16.1. The van der Waals surface area contributed by atoms with Gasteiger partial charge in [-0.1, -0.05) is 178 Å². The topological polar surface area (TPSA) is 3.24 Å². The lowest BCUT2D eigenvalue weighted by atomic mass is 9.67. The third-order valence-electron chi connectivity index (χ3n) is 12.7.